The summed E-state index contributed by atoms with van der Waals surface area (Å²) in [5.74, 6) is -0.207. The number of carbonyl (C=O) groups excluding carboxylic acids is 1. The van der Waals surface area contributed by atoms with Gasteiger partial charge in [-0.05, 0) is 55.0 Å². The van der Waals surface area contributed by atoms with Gasteiger partial charge in [0.2, 0.25) is 15.9 Å². The van der Waals surface area contributed by atoms with E-state index in [2.05, 4.69) is 21.2 Å². The number of thiophene rings is 1. The van der Waals surface area contributed by atoms with Gasteiger partial charge in [-0.1, -0.05) is 28.4 Å². The van der Waals surface area contributed by atoms with Gasteiger partial charge in [0.15, 0.2) is 0 Å². The highest BCUT2D eigenvalue weighted by molar-refractivity contribution is 9.10. The standard InChI is InChI=1S/C18H21BrN2O3S2/c19-14-6-8-16(9-7-14)26(23,24)21-12-2-1-5-17(21)18(22)20-11-10-15-4-3-13-25-15/h3-4,6-9,13,17H,1-2,5,10-12H2,(H,20,22). The Morgan fingerprint density at radius 3 is 2.69 bits per heavy atom. The Morgan fingerprint density at radius 2 is 2.00 bits per heavy atom. The van der Waals surface area contributed by atoms with E-state index in [0.29, 0.717) is 19.5 Å². The normalized spacial score (nSPS) is 18.6. The molecule has 0 spiro atoms. The van der Waals surface area contributed by atoms with Gasteiger partial charge < -0.3 is 5.32 Å². The van der Waals surface area contributed by atoms with Gasteiger partial charge in [0.05, 0.1) is 4.90 Å². The predicted molar refractivity (Wildman–Crippen MR) is 107 cm³/mol. The highest BCUT2D eigenvalue weighted by Gasteiger charge is 2.37. The van der Waals surface area contributed by atoms with Gasteiger partial charge in [-0.25, -0.2) is 8.42 Å². The molecule has 0 bridgehead atoms. The highest BCUT2D eigenvalue weighted by Crippen LogP contribution is 2.26. The largest absolute Gasteiger partial charge is 0.354 e. The molecular formula is C18H21BrN2O3S2. The number of benzene rings is 1. The quantitative estimate of drug-likeness (QED) is 0.723. The van der Waals surface area contributed by atoms with E-state index in [4.69, 9.17) is 0 Å². The minimum atomic E-state index is -3.69. The fourth-order valence-corrected chi connectivity index (χ4v) is 5.71. The van der Waals surface area contributed by atoms with Crippen LogP contribution in [0.4, 0.5) is 0 Å². The number of rotatable bonds is 6. The Labute approximate surface area is 166 Å². The maximum atomic E-state index is 13.0. The van der Waals surface area contributed by atoms with E-state index in [0.717, 1.165) is 23.7 Å². The first-order valence-corrected chi connectivity index (χ1v) is 11.7. The topological polar surface area (TPSA) is 66.5 Å². The second kappa shape index (κ2) is 8.65. The summed E-state index contributed by atoms with van der Waals surface area (Å²) in [5.41, 5.74) is 0. The number of amides is 1. The van der Waals surface area contributed by atoms with Gasteiger partial charge in [0.25, 0.3) is 0 Å². The summed E-state index contributed by atoms with van der Waals surface area (Å²) in [4.78, 5) is 14.1. The van der Waals surface area contributed by atoms with Crippen LogP contribution in [0.15, 0.2) is 51.1 Å². The second-order valence-corrected chi connectivity index (χ2v) is 10.0. The van der Waals surface area contributed by atoms with Crippen LogP contribution in [0, 0.1) is 0 Å². The number of hydrogen-bond acceptors (Lipinski definition) is 4. The monoisotopic (exact) mass is 456 g/mol. The van der Waals surface area contributed by atoms with Crippen LogP contribution in [0.1, 0.15) is 24.1 Å². The van der Waals surface area contributed by atoms with E-state index in [1.807, 2.05) is 17.5 Å². The van der Waals surface area contributed by atoms with E-state index in [1.165, 1.54) is 9.18 Å². The Morgan fingerprint density at radius 1 is 1.23 bits per heavy atom. The van der Waals surface area contributed by atoms with Crippen molar-refractivity contribution >= 4 is 43.2 Å². The number of piperidine rings is 1. The molecule has 1 aliphatic heterocycles. The van der Waals surface area contributed by atoms with Crippen molar-refractivity contribution in [3.63, 3.8) is 0 Å². The van der Waals surface area contributed by atoms with Crippen LogP contribution in [-0.2, 0) is 21.2 Å². The maximum Gasteiger partial charge on any atom is 0.243 e. The molecule has 0 saturated carbocycles. The van der Waals surface area contributed by atoms with Gasteiger partial charge in [-0.2, -0.15) is 4.31 Å². The molecule has 1 saturated heterocycles. The third-order valence-electron chi connectivity index (χ3n) is 4.43. The van der Waals surface area contributed by atoms with Crippen molar-refractivity contribution in [2.24, 2.45) is 0 Å². The number of carbonyl (C=O) groups is 1. The Kier molecular flexibility index (Phi) is 6.50. The van der Waals surface area contributed by atoms with E-state index in [-0.39, 0.29) is 10.8 Å². The average Bonchev–Trinajstić information content (AvgIpc) is 3.15. The zero-order chi connectivity index (χ0) is 18.6. The molecule has 26 heavy (non-hydrogen) atoms. The van der Waals surface area contributed by atoms with E-state index < -0.39 is 16.1 Å². The smallest absolute Gasteiger partial charge is 0.243 e. The zero-order valence-electron chi connectivity index (χ0n) is 14.2. The molecule has 3 rings (SSSR count). The second-order valence-electron chi connectivity index (χ2n) is 6.20. The minimum absolute atomic E-state index is 0.207. The first kappa shape index (κ1) is 19.5. The molecule has 1 aromatic carbocycles. The van der Waals surface area contributed by atoms with Crippen LogP contribution in [0.3, 0.4) is 0 Å². The Bertz CT molecular complexity index is 836. The number of nitrogens with one attached hydrogen (secondary N) is 1. The number of hydrogen-bond donors (Lipinski definition) is 1. The summed E-state index contributed by atoms with van der Waals surface area (Å²) >= 11 is 4.97. The lowest BCUT2D eigenvalue weighted by atomic mass is 10.0. The Hall–Kier alpha value is -1.22. The predicted octanol–water partition coefficient (Wildman–Crippen LogP) is 3.41. The van der Waals surface area contributed by atoms with Crippen LogP contribution >= 0.6 is 27.3 Å². The van der Waals surface area contributed by atoms with Gasteiger partial charge in [0.1, 0.15) is 6.04 Å². The minimum Gasteiger partial charge on any atom is -0.354 e. The molecule has 140 valence electrons. The highest BCUT2D eigenvalue weighted by atomic mass is 79.9. The molecule has 1 amide bonds. The summed E-state index contributed by atoms with van der Waals surface area (Å²) < 4.78 is 28.2. The maximum absolute atomic E-state index is 13.0. The molecule has 0 aliphatic carbocycles. The van der Waals surface area contributed by atoms with Crippen LogP contribution in [0.2, 0.25) is 0 Å². The van der Waals surface area contributed by atoms with Crippen LogP contribution in [0.5, 0.6) is 0 Å². The molecule has 1 unspecified atom stereocenters. The van der Waals surface area contributed by atoms with Crippen molar-refractivity contribution in [1.29, 1.82) is 0 Å². The summed E-state index contributed by atoms with van der Waals surface area (Å²) in [5, 5.41) is 4.91. The Balaban J connectivity index is 1.70. The van der Waals surface area contributed by atoms with Gasteiger partial charge in [-0.3, -0.25) is 4.79 Å². The van der Waals surface area contributed by atoms with Gasteiger partial charge in [-0.15, -0.1) is 11.3 Å². The van der Waals surface area contributed by atoms with Crippen molar-refractivity contribution in [3.8, 4) is 0 Å². The summed E-state index contributed by atoms with van der Waals surface area (Å²) in [6.07, 6.45) is 2.94. The fraction of sp³-hybridized carbons (Fsp3) is 0.389. The van der Waals surface area contributed by atoms with Crippen molar-refractivity contribution in [2.45, 2.75) is 36.6 Å². The molecule has 2 aromatic rings. The molecule has 1 fully saturated rings. The molecular weight excluding hydrogens is 436 g/mol. The van der Waals surface area contributed by atoms with E-state index in [1.54, 1.807) is 35.6 Å². The van der Waals surface area contributed by atoms with Crippen LogP contribution in [0.25, 0.3) is 0 Å². The molecule has 1 atom stereocenters. The molecule has 8 heteroatoms. The molecule has 1 aliphatic rings. The first-order valence-electron chi connectivity index (χ1n) is 8.56. The molecule has 1 aromatic heterocycles. The molecule has 5 nitrogen and oxygen atoms in total. The number of nitrogens with zero attached hydrogens (tertiary/aromatic N) is 1. The van der Waals surface area contributed by atoms with E-state index >= 15 is 0 Å². The van der Waals surface area contributed by atoms with Crippen LogP contribution < -0.4 is 5.32 Å². The summed E-state index contributed by atoms with van der Waals surface area (Å²) in [7, 11) is -3.69. The molecule has 1 N–H and O–H groups in total. The first-order chi connectivity index (χ1) is 12.5. The average molecular weight is 457 g/mol. The lowest BCUT2D eigenvalue weighted by molar-refractivity contribution is -0.125. The van der Waals surface area contributed by atoms with E-state index in [9.17, 15) is 13.2 Å². The van der Waals surface area contributed by atoms with Crippen molar-refractivity contribution in [2.75, 3.05) is 13.1 Å². The molecule has 2 heterocycles. The number of sulfonamides is 1. The van der Waals surface area contributed by atoms with Gasteiger partial charge in [0, 0.05) is 22.4 Å². The third kappa shape index (κ3) is 4.54. The fourth-order valence-electron chi connectivity index (χ4n) is 3.08. The van der Waals surface area contributed by atoms with Crippen molar-refractivity contribution in [3.05, 3.63) is 51.1 Å². The summed E-state index contributed by atoms with van der Waals surface area (Å²) in [6.45, 7) is 0.892. The number of halogens is 1. The van der Waals surface area contributed by atoms with Crippen LogP contribution in [-0.4, -0.2) is 37.8 Å². The lowest BCUT2D eigenvalue weighted by Crippen LogP contribution is -2.52. The lowest BCUT2D eigenvalue weighted by Gasteiger charge is -2.33. The third-order valence-corrected chi connectivity index (χ3v) is 7.81. The van der Waals surface area contributed by atoms with Gasteiger partial charge >= 0.3 is 0 Å². The zero-order valence-corrected chi connectivity index (χ0v) is 17.4. The SMILES string of the molecule is O=C(NCCc1cccs1)C1CCCCN1S(=O)(=O)c1ccc(Br)cc1. The van der Waals surface area contributed by atoms with Crippen molar-refractivity contribution in [1.82, 2.24) is 9.62 Å². The van der Waals surface area contributed by atoms with Crippen molar-refractivity contribution < 1.29 is 13.2 Å². The molecule has 0 radical (unpaired) electrons. The summed E-state index contributed by atoms with van der Waals surface area (Å²) in [6, 6.07) is 9.91.